The highest BCUT2D eigenvalue weighted by molar-refractivity contribution is 5.93. The van der Waals surface area contributed by atoms with Crippen molar-refractivity contribution >= 4 is 35.5 Å². The van der Waals surface area contributed by atoms with Crippen LogP contribution in [0.5, 0.6) is 12.0 Å². The minimum absolute atomic E-state index is 0.0430. The van der Waals surface area contributed by atoms with E-state index >= 15 is 0 Å². The molecule has 20 nitrogen and oxygen atoms in total. The van der Waals surface area contributed by atoms with Crippen molar-refractivity contribution in [3.05, 3.63) is 145 Å². The fourth-order valence-corrected chi connectivity index (χ4v) is 10.4. The van der Waals surface area contributed by atoms with Crippen LogP contribution < -0.4 is 45.9 Å². The second-order valence-corrected chi connectivity index (χ2v) is 21.1. The molecular weight excluding hydrogens is 1060 g/mol. The van der Waals surface area contributed by atoms with Crippen molar-refractivity contribution in [3.63, 3.8) is 0 Å². The molecule has 1 aliphatic heterocycles. The Kier molecular flexibility index (Phi) is 18.4. The molecule has 3 aliphatic rings. The number of nitrogens with two attached hydrogens (primary N) is 1. The molecule has 2 aromatic carbocycles. The second-order valence-electron chi connectivity index (χ2n) is 21.1. The van der Waals surface area contributed by atoms with Gasteiger partial charge in [0.05, 0.1) is 31.9 Å². The molecular formula is C59H68F3N15O5. The summed E-state index contributed by atoms with van der Waals surface area (Å²) >= 11 is 0. The summed E-state index contributed by atoms with van der Waals surface area (Å²) in [5, 5.41) is 19.6. The molecule has 4 amide bonds. The SMILES string of the molecule is COc1ncc(-c2ccc(N(C(=O)NC(C)c3ccccc3)C3CCC(N)CC3)nc2)cn1.COc1ncc(-c2ccc(N(C(=O)NC(C)c3ccccc3)C3CCC(Nc4ncc(C(F)(F)F)c(N5CC(C)(O)C5)n4)CC3)nc2)cn1. The number of halogens is 3. The van der Waals surface area contributed by atoms with Crippen molar-refractivity contribution in [2.75, 3.05) is 47.3 Å². The number of carbonyl (C=O) groups excluding carboxylic acids is 2. The first-order valence-electron chi connectivity index (χ1n) is 27.3. The molecule has 2 atom stereocenters. The van der Waals surface area contributed by atoms with Gasteiger partial charge in [-0.3, -0.25) is 9.80 Å². The number of methoxy groups -OCH3 is 2. The van der Waals surface area contributed by atoms with Gasteiger partial charge in [-0.2, -0.15) is 18.2 Å². The summed E-state index contributed by atoms with van der Waals surface area (Å²) in [7, 11) is 3.02. The molecule has 1 saturated heterocycles. The van der Waals surface area contributed by atoms with E-state index in [9.17, 15) is 27.9 Å². The van der Waals surface area contributed by atoms with Crippen molar-refractivity contribution in [3.8, 4) is 34.3 Å². The molecule has 3 fully saturated rings. The molecule has 82 heavy (non-hydrogen) atoms. The number of alkyl halides is 3. The maximum Gasteiger partial charge on any atom is 0.421 e. The Morgan fingerprint density at radius 3 is 1.44 bits per heavy atom. The van der Waals surface area contributed by atoms with Gasteiger partial charge in [0.15, 0.2) is 0 Å². The monoisotopic (exact) mass is 1120 g/mol. The number of anilines is 4. The van der Waals surface area contributed by atoms with Crippen molar-refractivity contribution in [1.29, 1.82) is 0 Å². The molecule has 5 aromatic heterocycles. The lowest BCUT2D eigenvalue weighted by Gasteiger charge is -2.45. The van der Waals surface area contributed by atoms with Crippen LogP contribution in [0.3, 0.4) is 0 Å². The number of aliphatic hydroxyl groups is 1. The van der Waals surface area contributed by atoms with Crippen molar-refractivity contribution in [2.45, 2.75) is 120 Å². The highest BCUT2D eigenvalue weighted by Crippen LogP contribution is 2.39. The number of ether oxygens (including phenoxy) is 2. The molecule has 0 bridgehead atoms. The third-order valence-electron chi connectivity index (χ3n) is 14.9. The number of urea groups is 2. The lowest BCUT2D eigenvalue weighted by molar-refractivity contribution is -0.137. The number of rotatable bonds is 15. The van der Waals surface area contributed by atoms with E-state index in [1.54, 1.807) is 60.0 Å². The standard InChI is InChI=1S/C34H38F3N9O3.C25H30N6O2/c1-21(22-7-5-4-6-8-22)42-32(47)46(28-14-9-23(15-38-28)24-16-40-31(49-3)41-17-24)26-12-10-25(11-13-26)43-30-39-18-27(34(35,36)37)29(44-30)45-19-33(2,48)20-45;1-17(18-6-4-3-5-7-18)30-25(32)31(22-11-9-21(26)10-12-22)23-13-8-19(14-27-23)20-15-28-24(33-2)29-16-20/h4-9,14-18,21,25-26,48H,10-13,19-20H2,1-3H3,(H,42,47)(H,39,43,44);3-8,13-17,21-22H,9-12,26H2,1-2H3,(H,30,32). The van der Waals surface area contributed by atoms with Gasteiger partial charge in [-0.15, -0.1) is 0 Å². The number of aromatic nitrogens is 8. The fraction of sp³-hybridized carbons (Fsp3) is 0.390. The summed E-state index contributed by atoms with van der Waals surface area (Å²) in [6.45, 7) is 5.57. The summed E-state index contributed by atoms with van der Waals surface area (Å²) in [6.07, 6.45) is 12.1. The lowest BCUT2D eigenvalue weighted by Crippen LogP contribution is -2.60. The average molecular weight is 1120 g/mol. The minimum atomic E-state index is -4.63. The van der Waals surface area contributed by atoms with Crippen molar-refractivity contribution in [1.82, 2.24) is 50.5 Å². The van der Waals surface area contributed by atoms with E-state index in [4.69, 9.17) is 15.2 Å². The number of benzene rings is 2. The normalized spacial score (nSPS) is 19.2. The first-order chi connectivity index (χ1) is 39.4. The number of β-amino-alcohol motifs (C(OH)–C–C–N with tert-alkyl or cyclic N) is 1. The largest absolute Gasteiger partial charge is 0.467 e. The van der Waals surface area contributed by atoms with E-state index in [0.717, 1.165) is 65.3 Å². The number of pyridine rings is 2. The third-order valence-corrected chi connectivity index (χ3v) is 14.9. The maximum absolute atomic E-state index is 13.9. The first-order valence-corrected chi connectivity index (χ1v) is 27.3. The van der Waals surface area contributed by atoms with E-state index in [-0.39, 0.29) is 79.2 Å². The van der Waals surface area contributed by atoms with Crippen LogP contribution in [0.25, 0.3) is 22.3 Å². The molecule has 430 valence electrons. The molecule has 2 unspecified atom stereocenters. The maximum atomic E-state index is 13.9. The van der Waals surface area contributed by atoms with Gasteiger partial charge in [0, 0.05) is 103 Å². The second kappa shape index (κ2) is 25.9. The zero-order valence-corrected chi connectivity index (χ0v) is 46.4. The number of nitrogens with one attached hydrogen (secondary N) is 3. The fourth-order valence-electron chi connectivity index (χ4n) is 10.4. The Hall–Kier alpha value is -8.57. The van der Waals surface area contributed by atoms with E-state index in [2.05, 4.69) is 55.8 Å². The Bertz CT molecular complexity index is 3180. The van der Waals surface area contributed by atoms with Crippen LogP contribution in [0.1, 0.15) is 101 Å². The van der Waals surface area contributed by atoms with Crippen LogP contribution >= 0.6 is 0 Å². The van der Waals surface area contributed by atoms with Gasteiger partial charge >= 0.3 is 30.3 Å². The Labute approximate surface area is 474 Å². The molecule has 7 aromatic rings. The summed E-state index contributed by atoms with van der Waals surface area (Å²) in [6, 6.07) is 26.7. The van der Waals surface area contributed by atoms with E-state index < -0.39 is 17.3 Å². The van der Waals surface area contributed by atoms with E-state index in [1.807, 2.05) is 92.7 Å². The van der Waals surface area contributed by atoms with Crippen LogP contribution in [-0.4, -0.2) is 114 Å². The molecule has 6 heterocycles. The number of hydrogen-bond donors (Lipinski definition) is 5. The van der Waals surface area contributed by atoms with E-state index in [0.29, 0.717) is 43.3 Å². The first kappa shape index (κ1) is 58.1. The Morgan fingerprint density at radius 2 is 1.05 bits per heavy atom. The highest BCUT2D eigenvalue weighted by atomic mass is 19.4. The van der Waals surface area contributed by atoms with Crippen LogP contribution in [0.15, 0.2) is 128 Å². The third kappa shape index (κ3) is 14.5. The lowest BCUT2D eigenvalue weighted by atomic mass is 9.90. The molecule has 23 heteroatoms. The zero-order chi connectivity index (χ0) is 58.0. The van der Waals surface area contributed by atoms with Gasteiger partial charge in [0.1, 0.15) is 23.0 Å². The molecule has 0 spiro atoms. The highest BCUT2D eigenvalue weighted by Gasteiger charge is 2.44. The predicted octanol–water partition coefficient (Wildman–Crippen LogP) is 9.72. The number of amides is 4. The molecule has 2 saturated carbocycles. The van der Waals surface area contributed by atoms with Crippen LogP contribution in [0.4, 0.5) is 46.2 Å². The number of carbonyl (C=O) groups is 2. The van der Waals surface area contributed by atoms with E-state index in [1.165, 1.54) is 19.1 Å². The van der Waals surface area contributed by atoms with Gasteiger partial charge < -0.3 is 41.2 Å². The number of hydrogen-bond acceptors (Lipinski definition) is 16. The summed E-state index contributed by atoms with van der Waals surface area (Å²) in [4.78, 5) is 66.4. The van der Waals surface area contributed by atoms with Crippen LogP contribution in [0, 0.1) is 0 Å². The molecule has 6 N–H and O–H groups in total. The van der Waals surface area contributed by atoms with Crippen molar-refractivity contribution in [2.24, 2.45) is 5.73 Å². The molecule has 10 rings (SSSR count). The molecule has 0 radical (unpaired) electrons. The molecule has 2 aliphatic carbocycles. The summed E-state index contributed by atoms with van der Waals surface area (Å²) < 4.78 is 51.3. The average Bonchev–Trinajstić information content (AvgIpc) is 3.69. The quantitative estimate of drug-likeness (QED) is 0.0641. The topological polar surface area (TPSA) is 248 Å². The van der Waals surface area contributed by atoms with Crippen LogP contribution in [-0.2, 0) is 6.18 Å². The van der Waals surface area contributed by atoms with Gasteiger partial charge in [-0.1, -0.05) is 60.7 Å². The van der Waals surface area contributed by atoms with Gasteiger partial charge in [-0.25, -0.2) is 44.5 Å². The van der Waals surface area contributed by atoms with Gasteiger partial charge in [0.25, 0.3) is 0 Å². The van der Waals surface area contributed by atoms with Crippen LogP contribution in [0.2, 0.25) is 0 Å². The predicted molar refractivity (Wildman–Crippen MR) is 305 cm³/mol. The van der Waals surface area contributed by atoms with Gasteiger partial charge in [-0.05, 0) is 108 Å². The van der Waals surface area contributed by atoms with Gasteiger partial charge in [0.2, 0.25) is 5.95 Å². The zero-order valence-electron chi connectivity index (χ0n) is 46.4. The smallest absolute Gasteiger partial charge is 0.421 e. The minimum Gasteiger partial charge on any atom is -0.467 e. The number of nitrogens with zero attached hydrogens (tertiary/aromatic N) is 11. The van der Waals surface area contributed by atoms with Crippen molar-refractivity contribution < 1.29 is 37.3 Å². The Morgan fingerprint density at radius 1 is 0.622 bits per heavy atom. The Balaban J connectivity index is 0.000000213. The summed E-state index contributed by atoms with van der Waals surface area (Å²) in [5.74, 6) is 0.931. The summed E-state index contributed by atoms with van der Waals surface area (Å²) in [5.41, 5.74) is 9.33.